The lowest BCUT2D eigenvalue weighted by Crippen LogP contribution is -2.60. The van der Waals surface area contributed by atoms with Crippen molar-refractivity contribution >= 4 is 23.0 Å². The third kappa shape index (κ3) is 2.58. The maximum atomic E-state index is 5.60. The fraction of sp³-hybridized carbons (Fsp3) is 0.611. The third-order valence-electron chi connectivity index (χ3n) is 5.77. The first-order valence-electron chi connectivity index (χ1n) is 8.38. The zero-order chi connectivity index (χ0) is 15.2. The highest BCUT2D eigenvalue weighted by Crippen LogP contribution is 2.55. The molecule has 0 saturated heterocycles. The third-order valence-corrected chi connectivity index (χ3v) is 5.98. The van der Waals surface area contributed by atoms with E-state index < -0.39 is 0 Å². The molecule has 4 bridgehead atoms. The first-order chi connectivity index (χ1) is 10.7. The summed E-state index contributed by atoms with van der Waals surface area (Å²) < 4.78 is 5.39. The van der Waals surface area contributed by atoms with Crippen LogP contribution >= 0.6 is 12.2 Å². The standard InChI is InChI=1S/C18H24N2OS/c1-21-16-5-3-2-4-15(16)19-17(22)20-18-9-12-6-13(10-18)8-14(7-12)11-18/h2-5,12-14H,6-11H2,1H3,(H2,19,20,22). The van der Waals surface area contributed by atoms with Crippen molar-refractivity contribution in [2.75, 3.05) is 12.4 Å². The molecule has 2 N–H and O–H groups in total. The van der Waals surface area contributed by atoms with Crippen molar-refractivity contribution in [3.05, 3.63) is 24.3 Å². The number of anilines is 1. The molecule has 5 rings (SSSR count). The number of para-hydroxylation sites is 2. The van der Waals surface area contributed by atoms with Crippen molar-refractivity contribution in [3.63, 3.8) is 0 Å². The summed E-state index contributed by atoms with van der Waals surface area (Å²) in [6, 6.07) is 7.93. The van der Waals surface area contributed by atoms with Crippen LogP contribution in [0.1, 0.15) is 38.5 Å². The topological polar surface area (TPSA) is 33.3 Å². The van der Waals surface area contributed by atoms with Gasteiger partial charge in [-0.1, -0.05) is 12.1 Å². The van der Waals surface area contributed by atoms with Crippen molar-refractivity contribution in [1.29, 1.82) is 0 Å². The van der Waals surface area contributed by atoms with E-state index in [0.717, 1.165) is 34.3 Å². The van der Waals surface area contributed by atoms with E-state index in [9.17, 15) is 0 Å². The highest BCUT2D eigenvalue weighted by Gasteiger charge is 2.51. The molecule has 4 fully saturated rings. The van der Waals surface area contributed by atoms with E-state index in [4.69, 9.17) is 17.0 Å². The van der Waals surface area contributed by atoms with E-state index >= 15 is 0 Å². The van der Waals surface area contributed by atoms with Gasteiger partial charge in [-0.3, -0.25) is 0 Å². The van der Waals surface area contributed by atoms with Crippen LogP contribution in [0.3, 0.4) is 0 Å². The Balaban J connectivity index is 1.46. The Hall–Kier alpha value is -1.29. The van der Waals surface area contributed by atoms with Crippen molar-refractivity contribution < 1.29 is 4.74 Å². The fourth-order valence-electron chi connectivity index (χ4n) is 5.41. The second kappa shape index (κ2) is 5.41. The van der Waals surface area contributed by atoms with E-state index in [1.54, 1.807) is 7.11 Å². The van der Waals surface area contributed by atoms with Crippen molar-refractivity contribution in [2.24, 2.45) is 17.8 Å². The van der Waals surface area contributed by atoms with E-state index in [-0.39, 0.29) is 5.54 Å². The molecule has 4 saturated carbocycles. The Labute approximate surface area is 137 Å². The summed E-state index contributed by atoms with van der Waals surface area (Å²) in [6.07, 6.45) is 8.25. The van der Waals surface area contributed by atoms with Gasteiger partial charge in [0, 0.05) is 5.54 Å². The van der Waals surface area contributed by atoms with Crippen LogP contribution < -0.4 is 15.4 Å². The van der Waals surface area contributed by atoms with E-state index in [2.05, 4.69) is 10.6 Å². The Kier molecular flexibility index (Phi) is 3.52. The highest BCUT2D eigenvalue weighted by atomic mass is 32.1. The van der Waals surface area contributed by atoms with Gasteiger partial charge in [0.1, 0.15) is 5.75 Å². The number of hydrogen-bond acceptors (Lipinski definition) is 2. The van der Waals surface area contributed by atoms with Gasteiger partial charge < -0.3 is 15.4 Å². The molecule has 0 unspecified atom stereocenters. The number of hydrogen-bond donors (Lipinski definition) is 2. The fourth-order valence-corrected chi connectivity index (χ4v) is 5.73. The summed E-state index contributed by atoms with van der Waals surface area (Å²) in [5.41, 5.74) is 1.19. The molecule has 22 heavy (non-hydrogen) atoms. The lowest BCUT2D eigenvalue weighted by molar-refractivity contribution is -0.00972. The van der Waals surface area contributed by atoms with Crippen molar-refractivity contribution in [3.8, 4) is 5.75 Å². The van der Waals surface area contributed by atoms with Gasteiger partial charge >= 0.3 is 0 Å². The number of thiocarbonyl (C=S) groups is 1. The molecule has 0 amide bonds. The molecule has 118 valence electrons. The number of methoxy groups -OCH3 is 1. The number of nitrogens with one attached hydrogen (secondary N) is 2. The molecule has 0 heterocycles. The number of ether oxygens (including phenoxy) is 1. The molecule has 0 spiro atoms. The van der Waals surface area contributed by atoms with Crippen molar-refractivity contribution in [2.45, 2.75) is 44.1 Å². The van der Waals surface area contributed by atoms with Crippen molar-refractivity contribution in [1.82, 2.24) is 5.32 Å². The molecular formula is C18H24N2OS. The first kappa shape index (κ1) is 14.3. The van der Waals surface area contributed by atoms with Crippen LogP contribution in [0.2, 0.25) is 0 Å². The molecule has 4 heteroatoms. The Morgan fingerprint density at radius 3 is 2.27 bits per heavy atom. The number of benzene rings is 1. The summed E-state index contributed by atoms with van der Waals surface area (Å²) >= 11 is 5.60. The Bertz CT molecular complexity index is 551. The summed E-state index contributed by atoms with van der Waals surface area (Å²) in [4.78, 5) is 0. The molecular weight excluding hydrogens is 292 g/mol. The predicted molar refractivity (Wildman–Crippen MR) is 93.3 cm³/mol. The number of rotatable bonds is 3. The van der Waals surface area contributed by atoms with Gasteiger partial charge in [-0.15, -0.1) is 0 Å². The van der Waals surface area contributed by atoms with E-state index in [1.807, 2.05) is 24.3 Å². The van der Waals surface area contributed by atoms with Crippen LogP contribution in [0.25, 0.3) is 0 Å². The molecule has 1 aromatic rings. The molecule has 0 atom stereocenters. The SMILES string of the molecule is COc1ccccc1NC(=S)NC12CC3CC(CC(C3)C1)C2. The second-order valence-corrected chi connectivity index (χ2v) is 7.89. The molecule has 4 aliphatic rings. The van der Waals surface area contributed by atoms with Crippen LogP contribution in [0.15, 0.2) is 24.3 Å². The summed E-state index contributed by atoms with van der Waals surface area (Å²) in [7, 11) is 1.69. The largest absolute Gasteiger partial charge is 0.495 e. The monoisotopic (exact) mass is 316 g/mol. The maximum absolute atomic E-state index is 5.60. The minimum Gasteiger partial charge on any atom is -0.495 e. The van der Waals surface area contributed by atoms with Crippen LogP contribution in [0.4, 0.5) is 5.69 Å². The van der Waals surface area contributed by atoms with Crippen LogP contribution in [-0.2, 0) is 0 Å². The first-order valence-corrected chi connectivity index (χ1v) is 8.79. The minimum atomic E-state index is 0.251. The smallest absolute Gasteiger partial charge is 0.171 e. The van der Waals surface area contributed by atoms with Crippen LogP contribution in [-0.4, -0.2) is 17.8 Å². The molecule has 0 radical (unpaired) electrons. The predicted octanol–water partition coefficient (Wildman–Crippen LogP) is 3.95. The van der Waals surface area contributed by atoms with Gasteiger partial charge in [0.25, 0.3) is 0 Å². The van der Waals surface area contributed by atoms with Crippen LogP contribution in [0.5, 0.6) is 5.75 Å². The van der Waals surface area contributed by atoms with Crippen LogP contribution in [0, 0.1) is 17.8 Å². The molecule has 0 aliphatic heterocycles. The Morgan fingerprint density at radius 1 is 1.09 bits per heavy atom. The van der Waals surface area contributed by atoms with Gasteiger partial charge in [-0.05, 0) is 80.6 Å². The normalized spacial score (nSPS) is 35.2. The maximum Gasteiger partial charge on any atom is 0.171 e. The highest BCUT2D eigenvalue weighted by molar-refractivity contribution is 7.80. The van der Waals surface area contributed by atoms with Gasteiger partial charge in [0.2, 0.25) is 0 Å². The van der Waals surface area contributed by atoms with Gasteiger partial charge in [0.05, 0.1) is 12.8 Å². The quantitative estimate of drug-likeness (QED) is 0.827. The summed E-state index contributed by atoms with van der Waals surface area (Å²) in [6.45, 7) is 0. The Morgan fingerprint density at radius 2 is 1.68 bits per heavy atom. The molecule has 1 aromatic carbocycles. The molecule has 0 aromatic heterocycles. The molecule has 4 aliphatic carbocycles. The van der Waals surface area contributed by atoms with E-state index in [1.165, 1.54) is 38.5 Å². The zero-order valence-corrected chi connectivity index (χ0v) is 13.9. The van der Waals surface area contributed by atoms with Gasteiger partial charge in [0.15, 0.2) is 5.11 Å². The van der Waals surface area contributed by atoms with E-state index in [0.29, 0.717) is 0 Å². The average Bonchev–Trinajstić information content (AvgIpc) is 2.45. The summed E-state index contributed by atoms with van der Waals surface area (Å²) in [5, 5.41) is 7.76. The lowest BCUT2D eigenvalue weighted by atomic mass is 9.53. The van der Waals surface area contributed by atoms with Gasteiger partial charge in [-0.2, -0.15) is 0 Å². The second-order valence-electron chi connectivity index (χ2n) is 7.48. The zero-order valence-electron chi connectivity index (χ0n) is 13.1. The molecule has 3 nitrogen and oxygen atoms in total. The minimum absolute atomic E-state index is 0.251. The summed E-state index contributed by atoms with van der Waals surface area (Å²) in [5.74, 6) is 3.60. The lowest BCUT2D eigenvalue weighted by Gasteiger charge is -2.57. The average molecular weight is 316 g/mol. The van der Waals surface area contributed by atoms with Gasteiger partial charge in [-0.25, -0.2) is 0 Å².